The molecular weight excluding hydrogens is 414 g/mol. The average Bonchev–Trinajstić information content (AvgIpc) is 2.75. The Bertz CT molecular complexity index is 917. The SMILES string of the molecule is COc1ccc(CC(=O)Nc2ccc(Cl)c(CN(C(C)=O)C3CCCCC3N)c2)cc1. The first kappa shape index (κ1) is 23.1. The van der Waals surface area contributed by atoms with Crippen molar-refractivity contribution < 1.29 is 14.3 Å². The van der Waals surface area contributed by atoms with Crippen molar-refractivity contribution in [2.24, 2.45) is 5.73 Å². The number of nitrogens with zero attached hydrogens (tertiary/aromatic N) is 1. The summed E-state index contributed by atoms with van der Waals surface area (Å²) >= 11 is 6.42. The lowest BCUT2D eigenvalue weighted by Crippen LogP contribution is -2.51. The quantitative estimate of drug-likeness (QED) is 0.673. The second kappa shape index (κ2) is 10.6. The number of benzene rings is 2. The zero-order valence-corrected chi connectivity index (χ0v) is 18.8. The molecule has 2 atom stereocenters. The summed E-state index contributed by atoms with van der Waals surface area (Å²) in [6, 6.07) is 12.7. The molecule has 2 amide bonds. The van der Waals surface area contributed by atoms with Gasteiger partial charge in [-0.1, -0.05) is 36.6 Å². The standard InChI is InChI=1S/C24H30ClN3O3/c1-16(29)28(23-6-4-3-5-22(23)26)15-18-14-19(9-12-21(18)25)27-24(30)13-17-7-10-20(31-2)11-8-17/h7-12,14,22-23H,3-6,13,15,26H2,1-2H3,(H,27,30). The van der Waals surface area contributed by atoms with E-state index in [1.807, 2.05) is 35.2 Å². The smallest absolute Gasteiger partial charge is 0.228 e. The van der Waals surface area contributed by atoms with Crippen molar-refractivity contribution in [1.82, 2.24) is 4.90 Å². The molecule has 0 saturated heterocycles. The van der Waals surface area contributed by atoms with Gasteiger partial charge >= 0.3 is 0 Å². The van der Waals surface area contributed by atoms with E-state index in [1.54, 1.807) is 26.2 Å². The summed E-state index contributed by atoms with van der Waals surface area (Å²) in [5.74, 6) is 0.600. The van der Waals surface area contributed by atoms with Gasteiger partial charge in [0.2, 0.25) is 11.8 Å². The van der Waals surface area contributed by atoms with Gasteiger partial charge in [-0.2, -0.15) is 0 Å². The van der Waals surface area contributed by atoms with Gasteiger partial charge in [0.05, 0.1) is 13.5 Å². The second-order valence-corrected chi connectivity index (χ2v) is 8.45. The van der Waals surface area contributed by atoms with E-state index in [0.29, 0.717) is 17.3 Å². The molecule has 0 heterocycles. The lowest BCUT2D eigenvalue weighted by atomic mass is 9.89. The molecule has 31 heavy (non-hydrogen) atoms. The van der Waals surface area contributed by atoms with E-state index in [2.05, 4.69) is 5.32 Å². The predicted octanol–water partition coefficient (Wildman–Crippen LogP) is 4.15. The van der Waals surface area contributed by atoms with Gasteiger partial charge in [0.25, 0.3) is 0 Å². The van der Waals surface area contributed by atoms with Crippen LogP contribution < -0.4 is 15.8 Å². The van der Waals surface area contributed by atoms with Crippen molar-refractivity contribution in [2.45, 2.75) is 57.7 Å². The highest BCUT2D eigenvalue weighted by atomic mass is 35.5. The van der Waals surface area contributed by atoms with Crippen molar-refractivity contribution in [2.75, 3.05) is 12.4 Å². The molecule has 0 radical (unpaired) electrons. The minimum Gasteiger partial charge on any atom is -0.497 e. The summed E-state index contributed by atoms with van der Waals surface area (Å²) in [5, 5.41) is 3.48. The molecule has 0 aliphatic heterocycles. The topological polar surface area (TPSA) is 84.7 Å². The Morgan fingerprint density at radius 3 is 2.52 bits per heavy atom. The Kier molecular flexibility index (Phi) is 7.93. The van der Waals surface area contributed by atoms with Crippen LogP contribution in [0.1, 0.15) is 43.7 Å². The molecule has 1 fully saturated rings. The van der Waals surface area contributed by atoms with E-state index in [0.717, 1.165) is 42.6 Å². The van der Waals surface area contributed by atoms with Crippen molar-refractivity contribution in [1.29, 1.82) is 0 Å². The fourth-order valence-electron chi connectivity index (χ4n) is 4.08. The van der Waals surface area contributed by atoms with Gasteiger partial charge in [0.1, 0.15) is 5.75 Å². The average molecular weight is 444 g/mol. The number of methoxy groups -OCH3 is 1. The van der Waals surface area contributed by atoms with Crippen molar-refractivity contribution in [3.63, 3.8) is 0 Å². The van der Waals surface area contributed by atoms with Crippen LogP contribution >= 0.6 is 11.6 Å². The molecule has 0 aromatic heterocycles. The highest BCUT2D eigenvalue weighted by molar-refractivity contribution is 6.31. The highest BCUT2D eigenvalue weighted by Crippen LogP contribution is 2.27. The zero-order chi connectivity index (χ0) is 22.4. The van der Waals surface area contributed by atoms with Crippen LogP contribution in [0.2, 0.25) is 5.02 Å². The predicted molar refractivity (Wildman–Crippen MR) is 123 cm³/mol. The lowest BCUT2D eigenvalue weighted by Gasteiger charge is -2.38. The summed E-state index contributed by atoms with van der Waals surface area (Å²) in [7, 11) is 1.61. The number of halogens is 1. The van der Waals surface area contributed by atoms with Gasteiger partial charge in [0.15, 0.2) is 0 Å². The maximum Gasteiger partial charge on any atom is 0.228 e. The largest absolute Gasteiger partial charge is 0.497 e. The number of hydrogen-bond acceptors (Lipinski definition) is 4. The van der Waals surface area contributed by atoms with Crippen molar-refractivity contribution in [3.8, 4) is 5.75 Å². The van der Waals surface area contributed by atoms with Gasteiger partial charge in [-0.3, -0.25) is 9.59 Å². The number of anilines is 1. The van der Waals surface area contributed by atoms with E-state index in [4.69, 9.17) is 22.1 Å². The summed E-state index contributed by atoms with van der Waals surface area (Å²) in [4.78, 5) is 26.7. The van der Waals surface area contributed by atoms with Crippen LogP contribution in [0, 0.1) is 0 Å². The highest BCUT2D eigenvalue weighted by Gasteiger charge is 2.29. The summed E-state index contributed by atoms with van der Waals surface area (Å²) in [6.45, 7) is 1.93. The fourth-order valence-corrected chi connectivity index (χ4v) is 4.26. The third-order valence-electron chi connectivity index (χ3n) is 5.78. The number of hydrogen-bond donors (Lipinski definition) is 2. The third kappa shape index (κ3) is 6.21. The second-order valence-electron chi connectivity index (χ2n) is 8.04. The van der Waals surface area contributed by atoms with Crippen LogP contribution in [0.4, 0.5) is 5.69 Å². The minimum absolute atomic E-state index is 0.00985. The monoisotopic (exact) mass is 443 g/mol. The summed E-state index contributed by atoms with van der Waals surface area (Å²) in [5.41, 5.74) is 8.63. The molecule has 1 aliphatic carbocycles. The Morgan fingerprint density at radius 1 is 1.16 bits per heavy atom. The van der Waals surface area contributed by atoms with Gasteiger partial charge in [-0.15, -0.1) is 0 Å². The lowest BCUT2D eigenvalue weighted by molar-refractivity contribution is -0.133. The normalized spacial score (nSPS) is 18.3. The molecule has 3 N–H and O–H groups in total. The van der Waals surface area contributed by atoms with E-state index >= 15 is 0 Å². The van der Waals surface area contributed by atoms with Gasteiger partial charge in [-0.25, -0.2) is 0 Å². The molecular formula is C24H30ClN3O3. The van der Waals surface area contributed by atoms with E-state index in [9.17, 15) is 9.59 Å². The Balaban J connectivity index is 1.69. The molecule has 0 bridgehead atoms. The molecule has 7 heteroatoms. The maximum absolute atomic E-state index is 12.5. The number of rotatable bonds is 7. The summed E-state index contributed by atoms with van der Waals surface area (Å²) < 4.78 is 5.14. The molecule has 1 aliphatic rings. The number of ether oxygens (including phenoxy) is 1. The number of nitrogens with one attached hydrogen (secondary N) is 1. The molecule has 2 aromatic rings. The molecule has 2 aromatic carbocycles. The first-order chi connectivity index (χ1) is 14.9. The molecule has 3 rings (SSSR count). The van der Waals surface area contributed by atoms with Gasteiger partial charge in [0, 0.05) is 36.3 Å². The molecule has 0 spiro atoms. The number of nitrogens with two attached hydrogens (primary N) is 1. The number of amides is 2. The molecule has 166 valence electrons. The number of carbonyl (C=O) groups excluding carboxylic acids is 2. The van der Waals surface area contributed by atoms with Gasteiger partial charge in [-0.05, 0) is 54.3 Å². The van der Waals surface area contributed by atoms with Crippen molar-refractivity contribution in [3.05, 3.63) is 58.6 Å². The van der Waals surface area contributed by atoms with E-state index in [-0.39, 0.29) is 30.3 Å². The minimum atomic E-state index is -0.129. The Morgan fingerprint density at radius 2 is 1.87 bits per heavy atom. The first-order valence-electron chi connectivity index (χ1n) is 10.6. The maximum atomic E-state index is 12.5. The van der Waals surface area contributed by atoms with Crippen LogP contribution in [0.15, 0.2) is 42.5 Å². The Hall–Kier alpha value is -2.57. The number of carbonyl (C=O) groups is 2. The van der Waals surface area contributed by atoms with Crippen LogP contribution in [0.25, 0.3) is 0 Å². The van der Waals surface area contributed by atoms with Crippen LogP contribution in [0.3, 0.4) is 0 Å². The molecule has 6 nitrogen and oxygen atoms in total. The molecule has 1 saturated carbocycles. The fraction of sp³-hybridized carbons (Fsp3) is 0.417. The Labute approximate surface area is 188 Å². The first-order valence-corrected chi connectivity index (χ1v) is 11.0. The third-order valence-corrected chi connectivity index (χ3v) is 6.15. The summed E-state index contributed by atoms with van der Waals surface area (Å²) in [6.07, 6.45) is 4.23. The van der Waals surface area contributed by atoms with E-state index in [1.165, 1.54) is 0 Å². The zero-order valence-electron chi connectivity index (χ0n) is 18.1. The molecule has 2 unspecified atom stereocenters. The van der Waals surface area contributed by atoms with Gasteiger partial charge < -0.3 is 20.7 Å². The van der Waals surface area contributed by atoms with Crippen LogP contribution in [-0.2, 0) is 22.6 Å². The van der Waals surface area contributed by atoms with Crippen LogP contribution in [-0.4, -0.2) is 35.9 Å². The van der Waals surface area contributed by atoms with Crippen molar-refractivity contribution >= 4 is 29.1 Å². The van der Waals surface area contributed by atoms with E-state index < -0.39 is 0 Å². The van der Waals surface area contributed by atoms with Crippen LogP contribution in [0.5, 0.6) is 5.75 Å².